The number of imide groups is 1. The molecule has 1 aromatic carbocycles. The first-order valence-corrected chi connectivity index (χ1v) is 10.6. The van der Waals surface area contributed by atoms with Crippen molar-refractivity contribution in [2.75, 3.05) is 12.4 Å². The minimum Gasteiger partial charge on any atom is -0.424 e. The number of nitrogens with zero attached hydrogens (tertiary/aromatic N) is 2. The van der Waals surface area contributed by atoms with Crippen molar-refractivity contribution in [3.63, 3.8) is 0 Å². The summed E-state index contributed by atoms with van der Waals surface area (Å²) in [5.74, 6) is 0.538. The van der Waals surface area contributed by atoms with Gasteiger partial charge in [0.2, 0.25) is 5.91 Å². The Morgan fingerprint density at radius 2 is 1.77 bits per heavy atom. The highest BCUT2D eigenvalue weighted by atomic mass is 16.5. The number of aromatic nitrogens is 2. The van der Waals surface area contributed by atoms with Gasteiger partial charge in [0.05, 0.1) is 6.10 Å². The molecule has 8 nitrogen and oxygen atoms in total. The molecule has 1 fully saturated rings. The maximum Gasteiger partial charge on any atom is 0.325 e. The van der Waals surface area contributed by atoms with Crippen molar-refractivity contribution in [1.29, 1.82) is 0 Å². The molecular formula is C23H30N4O4. The molecule has 0 saturated heterocycles. The molecule has 1 saturated carbocycles. The smallest absolute Gasteiger partial charge is 0.325 e. The van der Waals surface area contributed by atoms with E-state index in [1.54, 1.807) is 37.7 Å². The van der Waals surface area contributed by atoms with Gasteiger partial charge in [-0.3, -0.25) is 10.1 Å². The summed E-state index contributed by atoms with van der Waals surface area (Å²) in [6.07, 6.45) is 6.83. The number of carbonyl (C=O) groups is 2. The standard InChI is InChI=1S/C23H30N4O4/c1-14(2)17-12-24-23(25-13-17)31-20-10-7-18(11-15(20)3)26-22(29)27-21(28)16-5-8-19(30-4)9-6-16/h7,10-14,16,19H,5-6,8-9H2,1-4H3,(H2,26,27,28,29). The number of anilines is 1. The summed E-state index contributed by atoms with van der Waals surface area (Å²) in [5.41, 5.74) is 2.41. The number of methoxy groups -OCH3 is 1. The number of rotatable bonds is 6. The molecule has 0 spiro atoms. The van der Waals surface area contributed by atoms with Gasteiger partial charge in [0.15, 0.2) is 0 Å². The largest absolute Gasteiger partial charge is 0.424 e. The molecule has 3 amide bonds. The van der Waals surface area contributed by atoms with Crippen LogP contribution >= 0.6 is 0 Å². The van der Waals surface area contributed by atoms with E-state index in [2.05, 4.69) is 34.4 Å². The lowest BCUT2D eigenvalue weighted by Crippen LogP contribution is -2.40. The molecule has 166 valence electrons. The Labute approximate surface area is 182 Å². The number of hydrogen-bond acceptors (Lipinski definition) is 6. The van der Waals surface area contributed by atoms with Gasteiger partial charge in [0, 0.05) is 31.1 Å². The number of nitrogens with one attached hydrogen (secondary N) is 2. The van der Waals surface area contributed by atoms with E-state index in [4.69, 9.17) is 9.47 Å². The zero-order chi connectivity index (χ0) is 22.4. The Morgan fingerprint density at radius 3 is 2.35 bits per heavy atom. The van der Waals surface area contributed by atoms with Gasteiger partial charge in [-0.1, -0.05) is 13.8 Å². The van der Waals surface area contributed by atoms with E-state index >= 15 is 0 Å². The summed E-state index contributed by atoms with van der Waals surface area (Å²) in [4.78, 5) is 33.1. The fraction of sp³-hybridized carbons (Fsp3) is 0.478. The normalized spacial score (nSPS) is 18.5. The zero-order valence-corrected chi connectivity index (χ0v) is 18.5. The summed E-state index contributed by atoms with van der Waals surface area (Å²) < 4.78 is 11.1. The van der Waals surface area contributed by atoms with Gasteiger partial charge in [-0.05, 0) is 67.9 Å². The fourth-order valence-electron chi connectivity index (χ4n) is 3.55. The molecule has 1 aromatic heterocycles. The third-order valence-electron chi connectivity index (χ3n) is 5.56. The van der Waals surface area contributed by atoms with Crippen LogP contribution < -0.4 is 15.4 Å². The highest BCUT2D eigenvalue weighted by Gasteiger charge is 2.27. The van der Waals surface area contributed by atoms with Crippen molar-refractivity contribution in [1.82, 2.24) is 15.3 Å². The molecule has 1 aliphatic carbocycles. The Hall–Kier alpha value is -3.00. The average molecular weight is 427 g/mol. The van der Waals surface area contributed by atoms with Crippen LogP contribution in [-0.2, 0) is 9.53 Å². The van der Waals surface area contributed by atoms with E-state index < -0.39 is 6.03 Å². The first-order valence-electron chi connectivity index (χ1n) is 10.6. The molecule has 31 heavy (non-hydrogen) atoms. The van der Waals surface area contributed by atoms with Crippen molar-refractivity contribution in [3.8, 4) is 11.8 Å². The molecule has 0 radical (unpaired) electrons. The van der Waals surface area contributed by atoms with Crippen molar-refractivity contribution in [2.24, 2.45) is 5.92 Å². The molecule has 2 N–H and O–H groups in total. The first-order chi connectivity index (χ1) is 14.9. The highest BCUT2D eigenvalue weighted by Crippen LogP contribution is 2.27. The van der Waals surface area contributed by atoms with Crippen LogP contribution in [0.2, 0.25) is 0 Å². The summed E-state index contributed by atoms with van der Waals surface area (Å²) in [5, 5.41) is 5.14. The Kier molecular flexibility index (Phi) is 7.57. The second-order valence-electron chi connectivity index (χ2n) is 8.19. The van der Waals surface area contributed by atoms with Crippen molar-refractivity contribution in [3.05, 3.63) is 41.7 Å². The van der Waals surface area contributed by atoms with Crippen molar-refractivity contribution in [2.45, 2.75) is 58.5 Å². The predicted octanol–water partition coefficient (Wildman–Crippen LogP) is 4.55. The van der Waals surface area contributed by atoms with Gasteiger partial charge >= 0.3 is 12.0 Å². The molecule has 0 atom stereocenters. The minimum absolute atomic E-state index is 0.156. The summed E-state index contributed by atoms with van der Waals surface area (Å²) in [6.45, 7) is 6.01. The molecule has 0 unspecified atom stereocenters. The number of hydrogen-bond donors (Lipinski definition) is 2. The molecular weight excluding hydrogens is 396 g/mol. The van der Waals surface area contributed by atoms with Gasteiger partial charge in [-0.2, -0.15) is 0 Å². The molecule has 1 heterocycles. The molecule has 3 rings (SSSR count). The fourth-order valence-corrected chi connectivity index (χ4v) is 3.55. The van der Waals surface area contributed by atoms with Crippen LogP contribution in [0.5, 0.6) is 11.8 Å². The van der Waals surface area contributed by atoms with Gasteiger partial charge in [0.25, 0.3) is 0 Å². The topological polar surface area (TPSA) is 102 Å². The van der Waals surface area contributed by atoms with Crippen LogP contribution in [0.3, 0.4) is 0 Å². The lowest BCUT2D eigenvalue weighted by molar-refractivity contribution is -0.125. The van der Waals surface area contributed by atoms with Gasteiger partial charge in [0.1, 0.15) is 5.75 Å². The van der Waals surface area contributed by atoms with Crippen molar-refractivity contribution >= 4 is 17.6 Å². The highest BCUT2D eigenvalue weighted by molar-refractivity contribution is 6.01. The summed E-state index contributed by atoms with van der Waals surface area (Å²) >= 11 is 0. The number of carbonyl (C=O) groups excluding carboxylic acids is 2. The van der Waals surface area contributed by atoms with Crippen molar-refractivity contribution < 1.29 is 19.1 Å². The quantitative estimate of drug-likeness (QED) is 0.702. The summed E-state index contributed by atoms with van der Waals surface area (Å²) in [6, 6.07) is 4.93. The molecule has 1 aliphatic rings. The first kappa shape index (κ1) is 22.7. The van der Waals surface area contributed by atoms with Gasteiger partial charge < -0.3 is 14.8 Å². The van der Waals surface area contributed by atoms with Gasteiger partial charge in [-0.25, -0.2) is 14.8 Å². The Bertz CT molecular complexity index is 906. The van der Waals surface area contributed by atoms with Crippen LogP contribution in [0.1, 0.15) is 56.6 Å². The van der Waals surface area contributed by atoms with Crippen LogP contribution in [0.25, 0.3) is 0 Å². The molecule has 2 aromatic rings. The predicted molar refractivity (Wildman–Crippen MR) is 117 cm³/mol. The second kappa shape index (κ2) is 10.3. The number of ether oxygens (including phenoxy) is 2. The molecule has 0 aliphatic heterocycles. The molecule has 8 heteroatoms. The third kappa shape index (κ3) is 6.24. The zero-order valence-electron chi connectivity index (χ0n) is 18.5. The van der Waals surface area contributed by atoms with E-state index in [1.165, 1.54) is 0 Å². The average Bonchev–Trinajstić information content (AvgIpc) is 2.76. The van der Waals surface area contributed by atoms with E-state index in [0.717, 1.165) is 36.8 Å². The van der Waals surface area contributed by atoms with Crippen LogP contribution in [0.4, 0.5) is 10.5 Å². The SMILES string of the molecule is COC1CCC(C(=O)NC(=O)Nc2ccc(Oc3ncc(C(C)C)cn3)c(C)c2)CC1. The van der Waals surface area contributed by atoms with Crippen LogP contribution in [0, 0.1) is 12.8 Å². The lowest BCUT2D eigenvalue weighted by Gasteiger charge is -2.26. The monoisotopic (exact) mass is 426 g/mol. The summed E-state index contributed by atoms with van der Waals surface area (Å²) in [7, 11) is 1.69. The number of benzene rings is 1. The lowest BCUT2D eigenvalue weighted by atomic mass is 9.87. The van der Waals surface area contributed by atoms with Crippen LogP contribution in [0.15, 0.2) is 30.6 Å². The van der Waals surface area contributed by atoms with Crippen LogP contribution in [-0.4, -0.2) is 35.1 Å². The Balaban J connectivity index is 1.53. The van der Waals surface area contributed by atoms with E-state index in [9.17, 15) is 9.59 Å². The van der Waals surface area contributed by atoms with E-state index in [0.29, 0.717) is 17.4 Å². The number of amides is 3. The third-order valence-corrected chi connectivity index (χ3v) is 5.56. The Morgan fingerprint density at radius 1 is 1.10 bits per heavy atom. The minimum atomic E-state index is -0.542. The van der Waals surface area contributed by atoms with Gasteiger partial charge in [-0.15, -0.1) is 0 Å². The maximum atomic E-state index is 12.3. The van der Waals surface area contributed by atoms with E-state index in [1.807, 2.05) is 6.92 Å². The van der Waals surface area contributed by atoms with E-state index in [-0.39, 0.29) is 23.9 Å². The number of urea groups is 1. The number of aryl methyl sites for hydroxylation is 1. The molecule has 0 bridgehead atoms. The maximum absolute atomic E-state index is 12.3. The second-order valence-corrected chi connectivity index (χ2v) is 8.19.